The van der Waals surface area contributed by atoms with E-state index in [0.717, 1.165) is 61.6 Å². The van der Waals surface area contributed by atoms with Crippen molar-refractivity contribution in [1.82, 2.24) is 9.55 Å². The van der Waals surface area contributed by atoms with E-state index < -0.39 is 95.9 Å². The van der Waals surface area contributed by atoms with Crippen LogP contribution in [0.25, 0.3) is 0 Å². The monoisotopic (exact) mass is 1120 g/mol. The first kappa shape index (κ1) is 68.7. The quantitative estimate of drug-likeness (QED) is 0.0138. The number of allylic oxidation sites excluding steroid dienone is 7. The largest absolute Gasteiger partial charge is 0.481 e. The Labute approximate surface area is 451 Å². The SMILES string of the molecule is CC/C=C\C/C=C\C/C=C\C/C=C\C[C@@H](O)[C@H](O)CCCC(=O)O[C@H](COC(=O)CCCCCCCCCCCCCCCCCCC(C)C)COP(=O)(O)OP(=O)(O)OC[C@H]1O[C@@H](n2ccc(N)nc2=O)[C@H](O)[C@@H]1O. The molecule has 0 amide bonds. The number of anilines is 1. The second kappa shape index (κ2) is 40.8. The fourth-order valence-electron chi connectivity index (χ4n) is 8.17. The molecule has 1 aromatic rings. The number of hydrogen-bond donors (Lipinski definition) is 7. The van der Waals surface area contributed by atoms with E-state index in [0.29, 0.717) is 12.8 Å². The molecule has 9 atom stereocenters. The minimum atomic E-state index is -5.50. The van der Waals surface area contributed by atoms with Gasteiger partial charge in [0.1, 0.15) is 30.7 Å². The maximum atomic E-state index is 12.9. The molecule has 0 aromatic carbocycles. The number of aromatic nitrogens is 2. The summed E-state index contributed by atoms with van der Waals surface area (Å²) in [5.41, 5.74) is 4.57. The highest BCUT2D eigenvalue weighted by Crippen LogP contribution is 2.60. The van der Waals surface area contributed by atoms with Crippen molar-refractivity contribution in [2.24, 2.45) is 5.92 Å². The van der Waals surface area contributed by atoms with Gasteiger partial charge in [0, 0.05) is 19.0 Å². The zero-order valence-electron chi connectivity index (χ0n) is 45.4. The Morgan fingerprint density at radius 3 is 1.76 bits per heavy atom. The molecule has 0 saturated carbocycles. The molecule has 8 N–H and O–H groups in total. The van der Waals surface area contributed by atoms with Crippen LogP contribution in [-0.2, 0) is 46.3 Å². The van der Waals surface area contributed by atoms with Crippen LogP contribution < -0.4 is 11.4 Å². The molecule has 76 heavy (non-hydrogen) atoms. The molecule has 0 spiro atoms. The van der Waals surface area contributed by atoms with Crippen molar-refractivity contribution in [2.75, 3.05) is 25.6 Å². The lowest BCUT2D eigenvalue weighted by Gasteiger charge is -2.22. The van der Waals surface area contributed by atoms with Crippen molar-refractivity contribution in [3.8, 4) is 0 Å². The molecule has 2 heterocycles. The van der Waals surface area contributed by atoms with Crippen LogP contribution in [0.2, 0.25) is 0 Å². The van der Waals surface area contributed by atoms with Gasteiger partial charge in [-0.1, -0.05) is 172 Å². The van der Waals surface area contributed by atoms with E-state index in [-0.39, 0.29) is 37.9 Å². The second-order valence-corrected chi connectivity index (χ2v) is 22.9. The first-order chi connectivity index (χ1) is 36.3. The van der Waals surface area contributed by atoms with E-state index in [1.807, 2.05) is 18.2 Å². The third kappa shape index (κ3) is 33.2. The third-order valence-electron chi connectivity index (χ3n) is 12.6. The van der Waals surface area contributed by atoms with Gasteiger partial charge < -0.3 is 50.2 Å². The van der Waals surface area contributed by atoms with Gasteiger partial charge in [-0.2, -0.15) is 9.29 Å². The number of phosphoric ester groups is 2. The van der Waals surface area contributed by atoms with Gasteiger partial charge in [-0.25, -0.2) is 13.9 Å². The van der Waals surface area contributed by atoms with Crippen molar-refractivity contribution in [3.63, 3.8) is 0 Å². The zero-order chi connectivity index (χ0) is 56.0. The fraction of sp³-hybridized carbons (Fsp3) is 0.741. The normalized spacial score (nSPS) is 20.0. The molecule has 436 valence electrons. The summed E-state index contributed by atoms with van der Waals surface area (Å²) in [6, 6.07) is 1.23. The first-order valence-corrected chi connectivity index (χ1v) is 30.7. The predicted octanol–water partition coefficient (Wildman–Crippen LogP) is 9.92. The zero-order valence-corrected chi connectivity index (χ0v) is 47.2. The maximum Gasteiger partial charge on any atom is 0.481 e. The van der Waals surface area contributed by atoms with Gasteiger partial charge in [-0.05, 0) is 63.4 Å². The average Bonchev–Trinajstić information content (AvgIpc) is 3.64. The Kier molecular flexibility index (Phi) is 36.9. The second-order valence-electron chi connectivity index (χ2n) is 19.8. The van der Waals surface area contributed by atoms with Crippen molar-refractivity contribution >= 4 is 33.4 Å². The van der Waals surface area contributed by atoms with Crippen LogP contribution in [0.3, 0.4) is 0 Å². The van der Waals surface area contributed by atoms with Crippen LogP contribution in [0.5, 0.6) is 0 Å². The summed E-state index contributed by atoms with van der Waals surface area (Å²) >= 11 is 0. The van der Waals surface area contributed by atoms with Gasteiger partial charge in [0.25, 0.3) is 0 Å². The summed E-state index contributed by atoms with van der Waals surface area (Å²) in [5.74, 6) is -0.795. The molecule has 1 saturated heterocycles. The molecule has 1 aromatic heterocycles. The molecular formula is C54H93N3O17P2. The van der Waals surface area contributed by atoms with Crippen molar-refractivity contribution in [1.29, 1.82) is 0 Å². The number of phosphoric acid groups is 2. The van der Waals surface area contributed by atoms with Crippen LogP contribution in [0.1, 0.15) is 194 Å². The number of esters is 2. The number of aliphatic hydroxyl groups is 4. The van der Waals surface area contributed by atoms with Gasteiger partial charge in [0.05, 0.1) is 25.4 Å². The number of ether oxygens (including phenoxy) is 3. The lowest BCUT2D eigenvalue weighted by atomic mass is 10.0. The highest BCUT2D eigenvalue weighted by molar-refractivity contribution is 7.61. The number of carbonyl (C=O) groups excluding carboxylic acids is 2. The topological polar surface area (TPSA) is 306 Å². The summed E-state index contributed by atoms with van der Waals surface area (Å²) in [5, 5.41) is 41.9. The number of nitrogens with two attached hydrogens (primary N) is 1. The van der Waals surface area contributed by atoms with Crippen molar-refractivity contribution in [2.45, 2.75) is 231 Å². The van der Waals surface area contributed by atoms with Crippen molar-refractivity contribution in [3.05, 3.63) is 71.4 Å². The Morgan fingerprint density at radius 2 is 1.21 bits per heavy atom. The molecule has 1 fully saturated rings. The van der Waals surface area contributed by atoms with E-state index in [1.165, 1.54) is 83.1 Å². The summed E-state index contributed by atoms with van der Waals surface area (Å²) in [6.45, 7) is 4.11. The van der Waals surface area contributed by atoms with E-state index in [2.05, 4.69) is 54.4 Å². The molecule has 0 bridgehead atoms. The number of carbonyl (C=O) groups is 2. The van der Waals surface area contributed by atoms with E-state index >= 15 is 0 Å². The van der Waals surface area contributed by atoms with Gasteiger partial charge in [0.2, 0.25) is 0 Å². The van der Waals surface area contributed by atoms with E-state index in [4.69, 9.17) is 29.0 Å². The molecule has 1 aliphatic rings. The standard InChI is InChI=1S/C54H93N3O17P2/c1-4-5-6-7-8-9-10-18-21-24-27-30-34-45(58)46(59)35-32-37-50(61)72-44(40-69-49(60)36-31-28-25-22-19-16-14-12-11-13-15-17-20-23-26-29-33-43(2)3)41-70-75(65,66)74-76(67,68)71-42-47-51(62)52(63)53(73-47)57-39-38-48(55)56-54(57)64/h5-6,8-9,18,21,27,30,38-39,43-47,51-53,58-59,62-63H,4,7,10-17,19-20,22-26,28-29,31-37,40-42H2,1-3H3,(H,65,66)(H,67,68)(H2,55,56,64)/b6-5-,9-8-,21-18-,30-27-/t44-,45-,46-,47-,51-,52-,53-/m1/s1. The number of aliphatic hydroxyl groups excluding tert-OH is 4. The van der Waals surface area contributed by atoms with Crippen LogP contribution in [-0.4, -0.2) is 108 Å². The molecule has 1 aliphatic heterocycles. The predicted molar refractivity (Wildman–Crippen MR) is 291 cm³/mol. The number of nitrogens with zero attached hydrogens (tertiary/aromatic N) is 2. The molecule has 20 nitrogen and oxygen atoms in total. The first-order valence-electron chi connectivity index (χ1n) is 27.7. The van der Waals surface area contributed by atoms with Crippen molar-refractivity contribution < 1.29 is 76.5 Å². The summed E-state index contributed by atoms with van der Waals surface area (Å²) in [6.07, 6.45) is 30.6. The van der Waals surface area contributed by atoms with Gasteiger partial charge in [-0.3, -0.25) is 23.2 Å². The highest BCUT2D eigenvalue weighted by atomic mass is 31.3. The van der Waals surface area contributed by atoms with Gasteiger partial charge in [0.15, 0.2) is 12.3 Å². The fourth-order valence-corrected chi connectivity index (χ4v) is 10.3. The van der Waals surface area contributed by atoms with E-state index in [9.17, 15) is 53.7 Å². The summed E-state index contributed by atoms with van der Waals surface area (Å²) in [7, 11) is -11.0. The molecule has 2 unspecified atom stereocenters. The number of hydrogen-bond acceptors (Lipinski definition) is 17. The Bertz CT molecular complexity index is 2020. The molecule has 0 aliphatic carbocycles. The minimum Gasteiger partial charge on any atom is -0.462 e. The summed E-state index contributed by atoms with van der Waals surface area (Å²) < 4.78 is 56.7. The molecule has 0 radical (unpaired) electrons. The lowest BCUT2D eigenvalue weighted by Crippen LogP contribution is -2.36. The van der Waals surface area contributed by atoms with Gasteiger partial charge in [-0.15, -0.1) is 0 Å². The Hall–Kier alpha value is -3.36. The van der Waals surface area contributed by atoms with Crippen LogP contribution in [0, 0.1) is 5.92 Å². The number of nitrogen functional groups attached to an aromatic ring is 1. The molecule has 22 heteroatoms. The Balaban J connectivity index is 1.83. The number of rotatable bonds is 45. The molecular weight excluding hydrogens is 1020 g/mol. The number of unbranched alkanes of at least 4 members (excludes halogenated alkanes) is 15. The average molecular weight is 1120 g/mol. The maximum absolute atomic E-state index is 12.9. The third-order valence-corrected chi connectivity index (χ3v) is 15.2. The van der Waals surface area contributed by atoms with E-state index in [1.54, 1.807) is 6.08 Å². The Morgan fingerprint density at radius 1 is 0.697 bits per heavy atom. The lowest BCUT2D eigenvalue weighted by molar-refractivity contribution is -0.161. The van der Waals surface area contributed by atoms with Crippen LogP contribution in [0.15, 0.2) is 65.7 Å². The highest BCUT2D eigenvalue weighted by Gasteiger charge is 2.46. The molecule has 2 rings (SSSR count). The smallest absolute Gasteiger partial charge is 0.462 e. The van der Waals surface area contributed by atoms with Crippen LogP contribution in [0.4, 0.5) is 5.82 Å². The van der Waals surface area contributed by atoms with Gasteiger partial charge >= 0.3 is 33.3 Å². The van der Waals surface area contributed by atoms with Crippen LogP contribution >= 0.6 is 15.6 Å². The summed E-state index contributed by atoms with van der Waals surface area (Å²) in [4.78, 5) is 62.1. The minimum absolute atomic E-state index is 0.0318.